The van der Waals surface area contributed by atoms with Crippen molar-refractivity contribution in [2.75, 3.05) is 54.4 Å². The smallest absolute Gasteiger partial charge is 0.136 e. The van der Waals surface area contributed by atoms with Gasteiger partial charge < -0.3 is 25.2 Å². The van der Waals surface area contributed by atoms with Crippen LogP contribution in [0.25, 0.3) is 0 Å². The van der Waals surface area contributed by atoms with Crippen molar-refractivity contribution in [2.24, 2.45) is 0 Å². The second kappa shape index (κ2) is 11.3. The number of hydrogen-bond donors (Lipinski definition) is 2. The fourth-order valence-corrected chi connectivity index (χ4v) is 4.41. The first-order valence-corrected chi connectivity index (χ1v) is 11.9. The zero-order chi connectivity index (χ0) is 23.1. The number of fused-ring (bicyclic) bond motifs is 2. The molecule has 1 aliphatic heterocycles. The SMILES string of the molecule is CN(C)CCCNCc1cccc2c1Oc1c(CNCCCN(C)C)cccc1C2(C)C. The van der Waals surface area contributed by atoms with Crippen LogP contribution in [0.4, 0.5) is 0 Å². The van der Waals surface area contributed by atoms with E-state index in [4.69, 9.17) is 4.74 Å². The summed E-state index contributed by atoms with van der Waals surface area (Å²) in [7, 11) is 8.48. The molecule has 0 saturated carbocycles. The molecule has 5 heteroatoms. The first kappa shape index (κ1) is 24.7. The Hall–Kier alpha value is -1.92. The average molecular weight is 439 g/mol. The lowest BCUT2D eigenvalue weighted by molar-refractivity contribution is 0.388. The van der Waals surface area contributed by atoms with Crippen molar-refractivity contribution in [3.05, 3.63) is 58.7 Å². The maximum Gasteiger partial charge on any atom is 0.136 e. The van der Waals surface area contributed by atoms with E-state index in [9.17, 15) is 0 Å². The Morgan fingerprint density at radius 2 is 1.16 bits per heavy atom. The van der Waals surface area contributed by atoms with E-state index < -0.39 is 0 Å². The minimum Gasteiger partial charge on any atom is -0.456 e. The van der Waals surface area contributed by atoms with Gasteiger partial charge in [0.2, 0.25) is 0 Å². The van der Waals surface area contributed by atoms with Crippen molar-refractivity contribution in [2.45, 2.75) is 45.2 Å². The van der Waals surface area contributed by atoms with E-state index in [1.54, 1.807) is 0 Å². The van der Waals surface area contributed by atoms with Crippen molar-refractivity contribution in [3.8, 4) is 11.5 Å². The van der Waals surface area contributed by atoms with Crippen LogP contribution in [0.1, 0.15) is 48.9 Å². The van der Waals surface area contributed by atoms with Gasteiger partial charge in [-0.05, 0) is 67.2 Å². The van der Waals surface area contributed by atoms with E-state index in [-0.39, 0.29) is 5.41 Å². The van der Waals surface area contributed by atoms with Crippen LogP contribution in [-0.2, 0) is 18.5 Å². The second-order valence-electron chi connectivity index (χ2n) is 9.98. The zero-order valence-electron chi connectivity index (χ0n) is 20.9. The van der Waals surface area contributed by atoms with Crippen LogP contribution in [0.5, 0.6) is 11.5 Å². The van der Waals surface area contributed by atoms with Crippen LogP contribution in [0.15, 0.2) is 36.4 Å². The Kier molecular flexibility index (Phi) is 8.72. The van der Waals surface area contributed by atoms with E-state index in [1.165, 1.54) is 22.3 Å². The van der Waals surface area contributed by atoms with Gasteiger partial charge in [0.25, 0.3) is 0 Å². The summed E-state index contributed by atoms with van der Waals surface area (Å²) in [4.78, 5) is 4.45. The summed E-state index contributed by atoms with van der Waals surface area (Å²) in [5.41, 5.74) is 4.92. The highest BCUT2D eigenvalue weighted by atomic mass is 16.5. The molecular formula is C27H42N4O. The van der Waals surface area contributed by atoms with Gasteiger partial charge in [0, 0.05) is 40.8 Å². The Morgan fingerprint density at radius 1 is 0.719 bits per heavy atom. The molecule has 0 saturated heterocycles. The average Bonchev–Trinajstić information content (AvgIpc) is 2.73. The summed E-state index contributed by atoms with van der Waals surface area (Å²) in [5.74, 6) is 2.07. The van der Waals surface area contributed by atoms with Crippen molar-refractivity contribution in [3.63, 3.8) is 0 Å². The lowest BCUT2D eigenvalue weighted by Gasteiger charge is -2.36. The minimum absolute atomic E-state index is 0.0925. The molecular weight excluding hydrogens is 396 g/mol. The van der Waals surface area contributed by atoms with Crippen LogP contribution in [-0.4, -0.2) is 64.2 Å². The number of nitrogens with one attached hydrogen (secondary N) is 2. The fourth-order valence-electron chi connectivity index (χ4n) is 4.41. The quantitative estimate of drug-likeness (QED) is 0.486. The Bertz CT molecular complexity index is 806. The van der Waals surface area contributed by atoms with Crippen molar-refractivity contribution < 1.29 is 4.74 Å². The number of nitrogens with zero attached hydrogens (tertiary/aromatic N) is 2. The first-order chi connectivity index (χ1) is 15.3. The highest BCUT2D eigenvalue weighted by molar-refractivity contribution is 5.61. The highest BCUT2D eigenvalue weighted by Crippen LogP contribution is 2.50. The molecule has 0 atom stereocenters. The molecule has 0 fully saturated rings. The third-order valence-corrected chi connectivity index (χ3v) is 6.29. The summed E-state index contributed by atoms with van der Waals surface area (Å²) in [6, 6.07) is 13.2. The monoisotopic (exact) mass is 438 g/mol. The second-order valence-corrected chi connectivity index (χ2v) is 9.98. The van der Waals surface area contributed by atoms with Gasteiger partial charge in [-0.2, -0.15) is 0 Å². The van der Waals surface area contributed by atoms with Crippen molar-refractivity contribution in [1.82, 2.24) is 20.4 Å². The zero-order valence-corrected chi connectivity index (χ0v) is 20.9. The molecule has 0 spiro atoms. The van der Waals surface area contributed by atoms with Crippen molar-refractivity contribution >= 4 is 0 Å². The number of rotatable bonds is 12. The predicted octanol–water partition coefficient (Wildman–Crippen LogP) is 4.20. The molecule has 0 unspecified atom stereocenters. The third kappa shape index (κ3) is 6.10. The van der Waals surface area contributed by atoms with E-state index in [0.29, 0.717) is 0 Å². The molecule has 0 aromatic heterocycles. The van der Waals surface area contributed by atoms with Crippen LogP contribution >= 0.6 is 0 Å². The molecule has 1 aliphatic rings. The van der Waals surface area contributed by atoms with Gasteiger partial charge in [0.1, 0.15) is 11.5 Å². The molecule has 0 bridgehead atoms. The molecule has 0 amide bonds. The summed E-state index contributed by atoms with van der Waals surface area (Å²) >= 11 is 0. The number of benzene rings is 2. The first-order valence-electron chi connectivity index (χ1n) is 11.9. The lowest BCUT2D eigenvalue weighted by atomic mass is 9.74. The molecule has 0 radical (unpaired) electrons. The molecule has 32 heavy (non-hydrogen) atoms. The summed E-state index contributed by atoms with van der Waals surface area (Å²) in [5, 5.41) is 7.22. The van der Waals surface area contributed by atoms with E-state index in [1.807, 2.05) is 0 Å². The normalized spacial score (nSPS) is 14.4. The minimum atomic E-state index is -0.0925. The third-order valence-electron chi connectivity index (χ3n) is 6.29. The van der Waals surface area contributed by atoms with Gasteiger partial charge in [-0.3, -0.25) is 0 Å². The van der Waals surface area contributed by atoms with Crippen LogP contribution in [0, 0.1) is 0 Å². The topological polar surface area (TPSA) is 39.8 Å². The Balaban J connectivity index is 1.75. The maximum atomic E-state index is 6.67. The van der Waals surface area contributed by atoms with E-state index in [0.717, 1.165) is 63.6 Å². The molecule has 2 aromatic carbocycles. The van der Waals surface area contributed by atoms with Crippen molar-refractivity contribution in [1.29, 1.82) is 0 Å². The summed E-state index contributed by atoms with van der Waals surface area (Å²) < 4.78 is 6.67. The van der Waals surface area contributed by atoms with Crippen LogP contribution in [0.2, 0.25) is 0 Å². The molecule has 1 heterocycles. The van der Waals surface area contributed by atoms with E-state index >= 15 is 0 Å². The molecule has 0 aliphatic carbocycles. The van der Waals surface area contributed by atoms with Gasteiger partial charge >= 0.3 is 0 Å². The Morgan fingerprint density at radius 3 is 1.56 bits per heavy atom. The van der Waals surface area contributed by atoms with E-state index in [2.05, 4.69) is 98.9 Å². The van der Waals surface area contributed by atoms with Gasteiger partial charge in [-0.25, -0.2) is 0 Å². The maximum absolute atomic E-state index is 6.67. The number of hydrogen-bond acceptors (Lipinski definition) is 5. The lowest BCUT2D eigenvalue weighted by Crippen LogP contribution is -2.27. The predicted molar refractivity (Wildman–Crippen MR) is 135 cm³/mol. The number of para-hydroxylation sites is 2. The largest absolute Gasteiger partial charge is 0.456 e. The van der Waals surface area contributed by atoms with Gasteiger partial charge in [-0.1, -0.05) is 50.2 Å². The van der Waals surface area contributed by atoms with Gasteiger partial charge in [-0.15, -0.1) is 0 Å². The summed E-state index contributed by atoms with van der Waals surface area (Å²) in [6.45, 7) is 10.5. The molecule has 2 N–H and O–H groups in total. The van der Waals surface area contributed by atoms with Crippen LogP contribution in [0.3, 0.4) is 0 Å². The molecule has 5 nitrogen and oxygen atoms in total. The molecule has 2 aromatic rings. The molecule has 3 rings (SSSR count). The Labute approximate surface area is 195 Å². The van der Waals surface area contributed by atoms with Gasteiger partial charge in [0.15, 0.2) is 0 Å². The van der Waals surface area contributed by atoms with Gasteiger partial charge in [0.05, 0.1) is 0 Å². The molecule has 176 valence electrons. The number of ether oxygens (including phenoxy) is 1. The summed E-state index contributed by atoms with van der Waals surface area (Å²) in [6.07, 6.45) is 2.28. The standard InChI is InChI=1S/C27H42N4O/c1-27(2)23-13-7-11-21(19-28-15-9-17-30(3)4)25(23)32-26-22(12-8-14-24(26)27)20-29-16-10-18-31(5)6/h7-8,11-14,28-29H,9-10,15-20H2,1-6H3. The van der Waals surface area contributed by atoms with Crippen LogP contribution < -0.4 is 15.4 Å². The fraction of sp³-hybridized carbons (Fsp3) is 0.556. The highest BCUT2D eigenvalue weighted by Gasteiger charge is 2.36.